The molecule has 4 rings (SSSR count). The zero-order valence-electron chi connectivity index (χ0n) is 19.0. The Kier molecular flexibility index (Phi) is 8.36. The number of nitrogens with zero attached hydrogens (tertiary/aromatic N) is 2. The number of hydrogen-bond donors (Lipinski definition) is 1. The number of alkyl halides is 1. The molecule has 1 aromatic heterocycles. The maximum absolute atomic E-state index is 15.5. The number of carbonyl (C=O) groups is 1. The predicted octanol–water partition coefficient (Wildman–Crippen LogP) is 6.00. The molecule has 1 aliphatic carbocycles. The third-order valence-corrected chi connectivity index (χ3v) is 8.53. The summed E-state index contributed by atoms with van der Waals surface area (Å²) >= 11 is 8.41. The molecule has 1 saturated carbocycles. The van der Waals surface area contributed by atoms with Gasteiger partial charge in [-0.2, -0.15) is 11.8 Å². The molecule has 3 atom stereocenters. The number of rotatable bonds is 11. The lowest BCUT2D eigenvalue weighted by molar-refractivity contribution is -0.139. The predicted molar refractivity (Wildman–Crippen MR) is 132 cm³/mol. The van der Waals surface area contributed by atoms with Crippen LogP contribution >= 0.6 is 23.4 Å². The quantitative estimate of drug-likeness (QED) is 0.413. The second-order valence-electron chi connectivity index (χ2n) is 9.23. The Morgan fingerprint density at radius 2 is 2.18 bits per heavy atom. The summed E-state index contributed by atoms with van der Waals surface area (Å²) in [6.07, 6.45) is 4.95. The van der Waals surface area contributed by atoms with Crippen molar-refractivity contribution in [3.63, 3.8) is 0 Å². The monoisotopic (exact) mass is 494 g/mol. The topological polar surface area (TPSA) is 62.7 Å². The van der Waals surface area contributed by atoms with Crippen LogP contribution in [0.4, 0.5) is 4.39 Å². The summed E-state index contributed by atoms with van der Waals surface area (Å²) in [4.78, 5) is 18.2. The van der Waals surface area contributed by atoms with Gasteiger partial charge < -0.3 is 14.7 Å². The molecule has 5 nitrogen and oxygen atoms in total. The van der Waals surface area contributed by atoms with Gasteiger partial charge in [-0.3, -0.25) is 9.78 Å². The lowest BCUT2D eigenvalue weighted by atomic mass is 9.79. The van der Waals surface area contributed by atoms with Gasteiger partial charge in [0.15, 0.2) is 0 Å². The highest BCUT2D eigenvalue weighted by Crippen LogP contribution is 2.39. The van der Waals surface area contributed by atoms with Crippen LogP contribution in [0.15, 0.2) is 24.4 Å². The second-order valence-corrected chi connectivity index (χ2v) is 11.0. The number of thioether (sulfide) groups is 1. The largest absolute Gasteiger partial charge is 0.497 e. The van der Waals surface area contributed by atoms with Crippen LogP contribution < -0.4 is 4.74 Å². The molecule has 2 aliphatic rings. The van der Waals surface area contributed by atoms with E-state index in [9.17, 15) is 9.90 Å². The second kappa shape index (κ2) is 11.2. The first-order chi connectivity index (χ1) is 15.9. The van der Waals surface area contributed by atoms with Gasteiger partial charge in [-0.1, -0.05) is 11.6 Å². The van der Waals surface area contributed by atoms with Crippen molar-refractivity contribution in [2.24, 2.45) is 11.8 Å². The number of likely N-dealkylation sites (tertiary alicyclic amines) is 1. The Bertz CT molecular complexity index is 974. The van der Waals surface area contributed by atoms with E-state index in [1.807, 2.05) is 11.8 Å². The highest BCUT2D eigenvalue weighted by atomic mass is 35.5. The van der Waals surface area contributed by atoms with Gasteiger partial charge in [-0.15, -0.1) is 0 Å². The first-order valence-electron chi connectivity index (χ1n) is 11.8. The number of carboxylic acid groups (broad SMARTS) is 1. The van der Waals surface area contributed by atoms with Gasteiger partial charge in [0.25, 0.3) is 0 Å². The van der Waals surface area contributed by atoms with Crippen LogP contribution in [0.5, 0.6) is 5.75 Å². The number of aromatic nitrogens is 1. The number of ether oxygens (including phenoxy) is 1. The van der Waals surface area contributed by atoms with E-state index >= 15 is 4.39 Å². The van der Waals surface area contributed by atoms with Crippen molar-refractivity contribution < 1.29 is 19.0 Å². The van der Waals surface area contributed by atoms with Gasteiger partial charge in [0, 0.05) is 47.7 Å². The maximum Gasteiger partial charge on any atom is 0.303 e. The van der Waals surface area contributed by atoms with Crippen LogP contribution in [0, 0.1) is 11.8 Å². The van der Waals surface area contributed by atoms with Crippen molar-refractivity contribution >= 4 is 40.2 Å². The van der Waals surface area contributed by atoms with Crippen LogP contribution in [0.2, 0.25) is 5.02 Å². The molecular formula is C25H32ClFN2O3S. The number of methoxy groups -OCH3 is 1. The average Bonchev–Trinajstić information content (AvgIpc) is 3.62. The van der Waals surface area contributed by atoms with Crippen LogP contribution in [-0.2, 0) is 4.79 Å². The van der Waals surface area contributed by atoms with Crippen LogP contribution in [0.3, 0.4) is 0 Å². The van der Waals surface area contributed by atoms with E-state index < -0.39 is 12.1 Å². The number of fused-ring (bicyclic) bond motifs is 1. The van der Waals surface area contributed by atoms with Crippen molar-refractivity contribution in [2.75, 3.05) is 32.5 Å². The third-order valence-electron chi connectivity index (χ3n) is 6.87. The fourth-order valence-electron chi connectivity index (χ4n) is 4.90. The van der Waals surface area contributed by atoms with E-state index in [1.54, 1.807) is 25.3 Å². The molecule has 1 N–H and O–H groups in total. The molecule has 0 bridgehead atoms. The van der Waals surface area contributed by atoms with Gasteiger partial charge in [0.1, 0.15) is 11.9 Å². The van der Waals surface area contributed by atoms with E-state index in [4.69, 9.17) is 16.3 Å². The lowest BCUT2D eigenvalue weighted by Crippen LogP contribution is -2.42. The molecule has 0 radical (unpaired) electrons. The van der Waals surface area contributed by atoms with Crippen LogP contribution in [-0.4, -0.2) is 58.7 Å². The molecule has 0 spiro atoms. The fraction of sp³-hybridized carbons (Fsp3) is 0.600. The summed E-state index contributed by atoms with van der Waals surface area (Å²) in [5, 5.41) is 11.3. The minimum Gasteiger partial charge on any atom is -0.497 e. The Morgan fingerprint density at radius 1 is 1.36 bits per heavy atom. The van der Waals surface area contributed by atoms with Crippen molar-refractivity contribution in [1.29, 1.82) is 0 Å². The number of aliphatic carboxylic acids is 1. The van der Waals surface area contributed by atoms with Crippen molar-refractivity contribution in [2.45, 2.75) is 49.9 Å². The summed E-state index contributed by atoms with van der Waals surface area (Å²) in [7, 11) is 1.57. The smallest absolute Gasteiger partial charge is 0.303 e. The van der Waals surface area contributed by atoms with Crippen LogP contribution in [0.1, 0.15) is 50.3 Å². The fourth-order valence-corrected chi connectivity index (χ4v) is 6.33. The molecule has 2 heterocycles. The third kappa shape index (κ3) is 6.52. The molecule has 1 aliphatic heterocycles. The minimum atomic E-state index is -1.24. The SMILES string of the molecule is COc1ccc2ncc(Cl)c([C@H](F)CCC3CCN(CCSC4CC4)CC3CC(=O)O)c2c1. The maximum atomic E-state index is 15.5. The zero-order valence-corrected chi connectivity index (χ0v) is 20.6. The average molecular weight is 495 g/mol. The Hall–Kier alpha value is -1.57. The molecular weight excluding hydrogens is 463 g/mol. The van der Waals surface area contributed by atoms with Crippen molar-refractivity contribution in [3.8, 4) is 5.75 Å². The molecule has 180 valence electrons. The molecule has 1 aromatic carbocycles. The van der Waals surface area contributed by atoms with E-state index in [0.29, 0.717) is 40.1 Å². The molecule has 1 saturated heterocycles. The first kappa shape index (κ1) is 24.6. The standard InChI is InChI=1S/C25H32ClFN2O3S/c1-32-18-3-7-23-20(13-18)25(21(26)14-28-23)22(27)6-2-16-8-9-29(10-11-33-19-4-5-19)15-17(16)12-24(30)31/h3,7,13-14,16-17,19,22H,2,4-6,8-12,15H2,1H3,(H,30,31)/t16?,17?,22-/m1/s1. The summed E-state index contributed by atoms with van der Waals surface area (Å²) in [5.41, 5.74) is 1.13. The van der Waals surface area contributed by atoms with Crippen molar-refractivity contribution in [1.82, 2.24) is 9.88 Å². The minimum absolute atomic E-state index is 0.0547. The Balaban J connectivity index is 1.40. The van der Waals surface area contributed by atoms with Gasteiger partial charge in [0.05, 0.1) is 17.6 Å². The van der Waals surface area contributed by atoms with E-state index in [-0.39, 0.29) is 18.3 Å². The number of halogens is 2. The first-order valence-corrected chi connectivity index (χ1v) is 13.2. The zero-order chi connectivity index (χ0) is 23.4. The normalized spacial score (nSPS) is 22.4. The Morgan fingerprint density at radius 3 is 2.91 bits per heavy atom. The van der Waals surface area contributed by atoms with Gasteiger partial charge in [-0.05, 0) is 68.7 Å². The highest BCUT2D eigenvalue weighted by Gasteiger charge is 2.32. The van der Waals surface area contributed by atoms with E-state index in [1.165, 1.54) is 19.0 Å². The number of benzene rings is 1. The number of pyridine rings is 1. The number of hydrogen-bond acceptors (Lipinski definition) is 5. The molecule has 2 aromatic rings. The number of carboxylic acids is 1. The summed E-state index contributed by atoms with van der Waals surface area (Å²) < 4.78 is 20.9. The summed E-state index contributed by atoms with van der Waals surface area (Å²) in [5.74, 6) is 1.23. The number of piperidine rings is 1. The highest BCUT2D eigenvalue weighted by molar-refractivity contribution is 8.00. The van der Waals surface area contributed by atoms with E-state index in [2.05, 4.69) is 9.88 Å². The van der Waals surface area contributed by atoms with Crippen LogP contribution in [0.25, 0.3) is 10.9 Å². The summed E-state index contributed by atoms with van der Waals surface area (Å²) in [6, 6.07) is 5.38. The van der Waals surface area contributed by atoms with Crippen molar-refractivity contribution in [3.05, 3.63) is 35.0 Å². The summed E-state index contributed by atoms with van der Waals surface area (Å²) in [6.45, 7) is 2.75. The Labute approximate surface area is 204 Å². The molecule has 8 heteroatoms. The molecule has 0 amide bonds. The lowest BCUT2D eigenvalue weighted by Gasteiger charge is -2.38. The molecule has 33 heavy (non-hydrogen) atoms. The van der Waals surface area contributed by atoms with Gasteiger partial charge in [-0.25, -0.2) is 4.39 Å². The molecule has 2 fully saturated rings. The van der Waals surface area contributed by atoms with E-state index in [0.717, 1.165) is 37.1 Å². The molecule has 2 unspecified atom stereocenters. The van der Waals surface area contributed by atoms with Gasteiger partial charge in [0.2, 0.25) is 0 Å². The van der Waals surface area contributed by atoms with Gasteiger partial charge >= 0.3 is 5.97 Å².